The molecule has 0 saturated carbocycles. The van der Waals surface area contributed by atoms with E-state index in [1.807, 2.05) is 68.6 Å². The van der Waals surface area contributed by atoms with Crippen LogP contribution in [0.3, 0.4) is 0 Å². The van der Waals surface area contributed by atoms with E-state index in [4.69, 9.17) is 4.74 Å². The molecular weight excluding hydrogens is 414 g/mol. The summed E-state index contributed by atoms with van der Waals surface area (Å²) in [5.74, 6) is 1.34. The van der Waals surface area contributed by atoms with Crippen LogP contribution in [-0.4, -0.2) is 39.4 Å². The van der Waals surface area contributed by atoms with Crippen LogP contribution >= 0.6 is 11.8 Å². The first-order chi connectivity index (χ1) is 15.0. The number of nitrogens with zero attached hydrogens (tertiary/aromatic N) is 3. The van der Waals surface area contributed by atoms with Gasteiger partial charge in [0.1, 0.15) is 5.75 Å². The lowest BCUT2D eigenvalue weighted by Crippen LogP contribution is -2.29. The molecule has 8 nitrogen and oxygen atoms in total. The Hall–Kier alpha value is -3.33. The molecule has 3 aromatic rings. The monoisotopic (exact) mass is 439 g/mol. The number of thioether (sulfide) groups is 1. The van der Waals surface area contributed by atoms with Gasteiger partial charge in [0, 0.05) is 12.7 Å². The number of amides is 2. The Bertz CT molecular complexity index is 1020. The van der Waals surface area contributed by atoms with E-state index >= 15 is 0 Å². The van der Waals surface area contributed by atoms with Gasteiger partial charge in [-0.25, -0.2) is 0 Å². The molecule has 162 valence electrons. The highest BCUT2D eigenvalue weighted by Crippen LogP contribution is 2.20. The van der Waals surface area contributed by atoms with E-state index in [2.05, 4.69) is 20.8 Å². The molecule has 2 amide bonds. The summed E-state index contributed by atoms with van der Waals surface area (Å²) in [6.07, 6.45) is 0.257. The van der Waals surface area contributed by atoms with Crippen LogP contribution in [0.2, 0.25) is 0 Å². The van der Waals surface area contributed by atoms with Crippen molar-refractivity contribution in [2.24, 2.45) is 7.05 Å². The lowest BCUT2D eigenvalue weighted by atomic mass is 10.1. The predicted molar refractivity (Wildman–Crippen MR) is 120 cm³/mol. The second-order valence-electron chi connectivity index (χ2n) is 6.92. The van der Waals surface area contributed by atoms with Crippen LogP contribution in [0, 0.1) is 0 Å². The van der Waals surface area contributed by atoms with Gasteiger partial charge in [-0.15, -0.1) is 10.2 Å². The predicted octanol–water partition coefficient (Wildman–Crippen LogP) is 2.97. The molecule has 9 heteroatoms. The number of para-hydroxylation sites is 1. The normalized spacial score (nSPS) is 11.6. The fraction of sp³-hybridized carbons (Fsp3) is 0.273. The number of anilines is 1. The summed E-state index contributed by atoms with van der Waals surface area (Å²) in [5, 5.41) is 14.7. The molecule has 0 aliphatic rings. The van der Waals surface area contributed by atoms with Crippen LogP contribution in [0.15, 0.2) is 59.8 Å². The van der Waals surface area contributed by atoms with Crippen molar-refractivity contribution >= 4 is 29.3 Å². The molecule has 0 fully saturated rings. The van der Waals surface area contributed by atoms with Gasteiger partial charge in [-0.1, -0.05) is 42.1 Å². The van der Waals surface area contributed by atoms with E-state index in [9.17, 15) is 9.59 Å². The molecule has 0 radical (unpaired) electrons. The van der Waals surface area contributed by atoms with Crippen molar-refractivity contribution in [3.05, 3.63) is 66.0 Å². The van der Waals surface area contributed by atoms with Gasteiger partial charge in [-0.3, -0.25) is 9.59 Å². The van der Waals surface area contributed by atoms with Crippen LogP contribution in [-0.2, 0) is 23.1 Å². The van der Waals surface area contributed by atoms with Crippen LogP contribution < -0.4 is 15.4 Å². The minimum atomic E-state index is -0.323. The number of carbonyl (C=O) groups excluding carboxylic acids is 2. The second kappa shape index (κ2) is 10.6. The van der Waals surface area contributed by atoms with Gasteiger partial charge < -0.3 is 19.9 Å². The highest BCUT2D eigenvalue weighted by Gasteiger charge is 2.18. The smallest absolute Gasteiger partial charge is 0.234 e. The summed E-state index contributed by atoms with van der Waals surface area (Å²) in [6.45, 7) is 1.85. The van der Waals surface area contributed by atoms with Gasteiger partial charge >= 0.3 is 0 Å². The summed E-state index contributed by atoms with van der Waals surface area (Å²) in [4.78, 5) is 24.5. The van der Waals surface area contributed by atoms with E-state index in [0.29, 0.717) is 11.0 Å². The Kier molecular flexibility index (Phi) is 7.66. The van der Waals surface area contributed by atoms with Gasteiger partial charge in [-0.2, -0.15) is 0 Å². The van der Waals surface area contributed by atoms with Crippen LogP contribution in [0.4, 0.5) is 5.69 Å². The first-order valence-corrected chi connectivity index (χ1v) is 10.7. The third-order valence-corrected chi connectivity index (χ3v) is 5.57. The fourth-order valence-corrected chi connectivity index (χ4v) is 3.68. The maximum atomic E-state index is 12.4. The number of hydrogen-bond acceptors (Lipinski definition) is 6. The van der Waals surface area contributed by atoms with Crippen molar-refractivity contribution in [3.8, 4) is 5.75 Å². The maximum Gasteiger partial charge on any atom is 0.234 e. The van der Waals surface area contributed by atoms with E-state index in [1.54, 1.807) is 11.7 Å². The number of rotatable bonds is 9. The molecule has 0 aliphatic carbocycles. The van der Waals surface area contributed by atoms with Crippen molar-refractivity contribution < 1.29 is 14.3 Å². The summed E-state index contributed by atoms with van der Waals surface area (Å²) in [5.41, 5.74) is 1.64. The Morgan fingerprint density at radius 2 is 1.77 bits per heavy atom. The molecule has 0 bridgehead atoms. The fourth-order valence-electron chi connectivity index (χ4n) is 2.96. The average Bonchev–Trinajstić information content (AvgIpc) is 3.14. The molecule has 31 heavy (non-hydrogen) atoms. The Morgan fingerprint density at radius 1 is 1.06 bits per heavy atom. The molecule has 3 rings (SSSR count). The van der Waals surface area contributed by atoms with Gasteiger partial charge in [0.15, 0.2) is 11.0 Å². The minimum Gasteiger partial charge on any atom is -0.497 e. The highest BCUT2D eigenvalue weighted by atomic mass is 32.2. The van der Waals surface area contributed by atoms with Crippen molar-refractivity contribution in [1.29, 1.82) is 0 Å². The van der Waals surface area contributed by atoms with E-state index in [-0.39, 0.29) is 30.0 Å². The third kappa shape index (κ3) is 6.32. The zero-order valence-corrected chi connectivity index (χ0v) is 18.5. The van der Waals surface area contributed by atoms with E-state index < -0.39 is 0 Å². The molecule has 1 atom stereocenters. The topological polar surface area (TPSA) is 98.1 Å². The standard InChI is InChI=1S/C22H25N5O3S/c1-15(23-19(28)13-16-9-11-18(30-3)12-10-16)21-25-26-22(27(21)2)31-14-20(29)24-17-7-5-4-6-8-17/h4-12,15H,13-14H2,1-3H3,(H,23,28)(H,24,29)/t15-/m0/s1. The van der Waals surface area contributed by atoms with Gasteiger partial charge in [0.05, 0.1) is 25.3 Å². The number of aromatic nitrogens is 3. The van der Waals surface area contributed by atoms with Crippen LogP contribution in [0.25, 0.3) is 0 Å². The molecule has 2 aromatic carbocycles. The largest absolute Gasteiger partial charge is 0.497 e. The number of methoxy groups -OCH3 is 1. The zero-order valence-electron chi connectivity index (χ0n) is 17.7. The van der Waals surface area contributed by atoms with Crippen LogP contribution in [0.5, 0.6) is 5.75 Å². The van der Waals surface area contributed by atoms with Crippen molar-refractivity contribution in [2.75, 3.05) is 18.2 Å². The molecule has 1 heterocycles. The summed E-state index contributed by atoms with van der Waals surface area (Å²) >= 11 is 1.29. The summed E-state index contributed by atoms with van der Waals surface area (Å²) < 4.78 is 6.92. The number of ether oxygens (including phenoxy) is 1. The Labute approximate surface area is 185 Å². The lowest BCUT2D eigenvalue weighted by molar-refractivity contribution is -0.121. The third-order valence-electron chi connectivity index (χ3n) is 4.55. The SMILES string of the molecule is COc1ccc(CC(=O)N[C@@H](C)c2nnc(SCC(=O)Nc3ccccc3)n2C)cc1. The quantitative estimate of drug-likeness (QED) is 0.498. The van der Waals surface area contributed by atoms with Crippen molar-refractivity contribution in [3.63, 3.8) is 0 Å². The summed E-state index contributed by atoms with van der Waals surface area (Å²) in [7, 11) is 3.42. The molecular formula is C22H25N5O3S. The van der Waals surface area contributed by atoms with E-state index in [0.717, 1.165) is 17.0 Å². The van der Waals surface area contributed by atoms with Gasteiger partial charge in [0.25, 0.3) is 0 Å². The zero-order chi connectivity index (χ0) is 22.2. The molecule has 0 saturated heterocycles. The number of carbonyl (C=O) groups is 2. The molecule has 0 unspecified atom stereocenters. The molecule has 2 N–H and O–H groups in total. The average molecular weight is 440 g/mol. The van der Waals surface area contributed by atoms with Crippen LogP contribution in [0.1, 0.15) is 24.4 Å². The maximum absolute atomic E-state index is 12.4. The van der Waals surface area contributed by atoms with Gasteiger partial charge in [-0.05, 0) is 36.8 Å². The highest BCUT2D eigenvalue weighted by molar-refractivity contribution is 7.99. The van der Waals surface area contributed by atoms with Crippen molar-refractivity contribution in [2.45, 2.75) is 24.5 Å². The minimum absolute atomic E-state index is 0.114. The Morgan fingerprint density at radius 3 is 2.45 bits per heavy atom. The molecule has 1 aromatic heterocycles. The molecule has 0 aliphatic heterocycles. The second-order valence-corrected chi connectivity index (χ2v) is 7.86. The number of nitrogens with one attached hydrogen (secondary N) is 2. The number of benzene rings is 2. The van der Waals surface area contributed by atoms with Crippen molar-refractivity contribution in [1.82, 2.24) is 20.1 Å². The van der Waals surface area contributed by atoms with Gasteiger partial charge in [0.2, 0.25) is 11.8 Å². The lowest BCUT2D eigenvalue weighted by Gasteiger charge is -2.14. The first kappa shape index (κ1) is 22.4. The first-order valence-electron chi connectivity index (χ1n) is 9.75. The summed E-state index contributed by atoms with van der Waals surface area (Å²) in [6, 6.07) is 16.3. The van der Waals surface area contributed by atoms with E-state index in [1.165, 1.54) is 11.8 Å². The Balaban J connectivity index is 1.52. The molecule has 0 spiro atoms. The number of hydrogen-bond donors (Lipinski definition) is 2.